The van der Waals surface area contributed by atoms with Crippen LogP contribution in [-0.4, -0.2) is 43.2 Å². The maximum absolute atomic E-state index is 10.5. The second kappa shape index (κ2) is 2.93. The molecule has 0 spiro atoms. The zero-order chi connectivity index (χ0) is 10.2. The first-order valence-electron chi connectivity index (χ1n) is 3.14. The second-order valence-electron chi connectivity index (χ2n) is 2.43. The number of rotatable bonds is 2. The lowest BCUT2D eigenvalue weighted by molar-refractivity contribution is -0.162. The number of thioether (sulfide) groups is 1. The van der Waals surface area contributed by atoms with E-state index >= 15 is 0 Å². The predicted octanol–water partition coefficient (Wildman–Crippen LogP) is -0.599. The Morgan fingerprint density at radius 2 is 2.00 bits per heavy atom. The Morgan fingerprint density at radius 3 is 2.31 bits per heavy atom. The Bertz CT molecular complexity index is 297. The highest BCUT2D eigenvalue weighted by atomic mass is 32.2. The molecule has 0 saturated carbocycles. The van der Waals surface area contributed by atoms with Crippen LogP contribution in [0.1, 0.15) is 0 Å². The van der Waals surface area contributed by atoms with E-state index in [9.17, 15) is 14.7 Å². The van der Waals surface area contributed by atoms with Crippen molar-refractivity contribution in [2.24, 2.45) is 0 Å². The first kappa shape index (κ1) is 9.87. The summed E-state index contributed by atoms with van der Waals surface area (Å²) in [6.07, 6.45) is 0. The van der Waals surface area contributed by atoms with Gasteiger partial charge in [0, 0.05) is 5.41 Å². The van der Waals surface area contributed by atoms with Crippen molar-refractivity contribution in [3.05, 3.63) is 11.2 Å². The lowest BCUT2D eigenvalue weighted by Crippen LogP contribution is -2.50. The van der Waals surface area contributed by atoms with Crippen molar-refractivity contribution in [1.82, 2.24) is 0 Å². The highest BCUT2D eigenvalue weighted by molar-refractivity contribution is 8.03. The lowest BCUT2D eigenvalue weighted by Gasteiger charge is -2.21. The van der Waals surface area contributed by atoms with Crippen LogP contribution in [0.3, 0.4) is 0 Å². The van der Waals surface area contributed by atoms with Crippen LogP contribution in [0.25, 0.3) is 0 Å². The fourth-order valence-electron chi connectivity index (χ4n) is 0.914. The van der Waals surface area contributed by atoms with Crippen molar-refractivity contribution in [2.75, 3.05) is 0 Å². The van der Waals surface area contributed by atoms with Gasteiger partial charge < -0.3 is 20.4 Å². The van der Waals surface area contributed by atoms with Gasteiger partial charge in [0.25, 0.3) is 0 Å². The maximum atomic E-state index is 10.5. The van der Waals surface area contributed by atoms with E-state index in [-0.39, 0.29) is 0 Å². The summed E-state index contributed by atoms with van der Waals surface area (Å²) >= 11 is 0.551. The standard InChI is InChI=1S/C6H6O6S/c7-2-1-13-3(4(8)9)6(2,12)5(10)11/h1,3,7,12H,(H,8,9)(H,10,11). The maximum Gasteiger partial charge on any atom is 0.345 e. The third-order valence-electron chi connectivity index (χ3n) is 1.64. The van der Waals surface area contributed by atoms with Gasteiger partial charge in [-0.2, -0.15) is 0 Å². The van der Waals surface area contributed by atoms with Crippen molar-refractivity contribution in [3.8, 4) is 0 Å². The highest BCUT2D eigenvalue weighted by Crippen LogP contribution is 2.38. The third kappa shape index (κ3) is 1.25. The summed E-state index contributed by atoms with van der Waals surface area (Å²) in [5, 5.41) is 34.7. The number of carbonyl (C=O) groups is 2. The molecule has 6 nitrogen and oxygen atoms in total. The third-order valence-corrected chi connectivity index (χ3v) is 2.81. The fraction of sp³-hybridized carbons (Fsp3) is 0.333. The summed E-state index contributed by atoms with van der Waals surface area (Å²) in [6, 6.07) is 0. The Kier molecular flexibility index (Phi) is 2.22. The number of carboxylic acids is 2. The molecular weight excluding hydrogens is 200 g/mol. The SMILES string of the molecule is O=C(O)C1SC=C(O)C1(O)C(=O)O. The predicted molar refractivity (Wildman–Crippen MR) is 42.3 cm³/mol. The molecule has 1 rings (SSSR count). The molecule has 0 fully saturated rings. The minimum atomic E-state index is -2.71. The van der Waals surface area contributed by atoms with Crippen molar-refractivity contribution in [1.29, 1.82) is 0 Å². The number of aliphatic carboxylic acids is 2. The zero-order valence-corrected chi connectivity index (χ0v) is 6.98. The van der Waals surface area contributed by atoms with Crippen molar-refractivity contribution < 1.29 is 30.0 Å². The molecule has 0 aliphatic carbocycles. The monoisotopic (exact) mass is 206 g/mol. The number of aliphatic hydroxyl groups excluding tert-OH is 1. The van der Waals surface area contributed by atoms with Crippen LogP contribution in [0.2, 0.25) is 0 Å². The smallest absolute Gasteiger partial charge is 0.345 e. The van der Waals surface area contributed by atoms with Crippen LogP contribution in [0, 0.1) is 0 Å². The average Bonchev–Trinajstić information content (AvgIpc) is 2.30. The van der Waals surface area contributed by atoms with Crippen LogP contribution in [0.4, 0.5) is 0 Å². The van der Waals surface area contributed by atoms with Crippen molar-refractivity contribution >= 4 is 23.7 Å². The molecule has 0 aromatic rings. The van der Waals surface area contributed by atoms with Gasteiger partial charge in [-0.05, 0) is 0 Å². The van der Waals surface area contributed by atoms with Gasteiger partial charge >= 0.3 is 11.9 Å². The number of hydrogen-bond acceptors (Lipinski definition) is 5. The van der Waals surface area contributed by atoms with E-state index in [2.05, 4.69) is 0 Å². The molecule has 2 atom stereocenters. The first-order valence-corrected chi connectivity index (χ1v) is 4.08. The molecule has 0 bridgehead atoms. The molecule has 0 saturated heterocycles. The van der Waals surface area contributed by atoms with Crippen molar-refractivity contribution in [3.63, 3.8) is 0 Å². The Balaban J connectivity index is 3.08. The molecule has 0 radical (unpaired) electrons. The van der Waals surface area contributed by atoms with E-state index in [1.165, 1.54) is 0 Å². The molecule has 2 unspecified atom stereocenters. The van der Waals surface area contributed by atoms with Crippen LogP contribution >= 0.6 is 11.8 Å². The van der Waals surface area contributed by atoms with Gasteiger partial charge in [0.2, 0.25) is 5.60 Å². The molecule has 4 N–H and O–H groups in total. The normalized spacial score (nSPS) is 32.7. The molecule has 1 heterocycles. The van der Waals surface area contributed by atoms with Gasteiger partial charge in [-0.25, -0.2) is 4.79 Å². The Labute approximate surface area is 76.5 Å². The Morgan fingerprint density at radius 1 is 1.46 bits per heavy atom. The largest absolute Gasteiger partial charge is 0.508 e. The Hall–Kier alpha value is -1.21. The van der Waals surface area contributed by atoms with Gasteiger partial charge in [0.05, 0.1) is 0 Å². The topological polar surface area (TPSA) is 115 Å². The molecule has 1 aliphatic rings. The molecule has 72 valence electrons. The van der Waals surface area contributed by atoms with E-state index in [4.69, 9.17) is 15.3 Å². The fourth-order valence-corrected chi connectivity index (χ4v) is 1.89. The van der Waals surface area contributed by atoms with E-state index in [1.54, 1.807) is 0 Å². The molecule has 13 heavy (non-hydrogen) atoms. The summed E-state index contributed by atoms with van der Waals surface area (Å²) in [6.45, 7) is 0. The van der Waals surface area contributed by atoms with E-state index in [1.807, 2.05) is 0 Å². The number of aliphatic hydroxyl groups is 2. The minimum Gasteiger partial charge on any atom is -0.508 e. The van der Waals surface area contributed by atoms with E-state index < -0.39 is 28.5 Å². The summed E-state index contributed by atoms with van der Waals surface area (Å²) in [5.41, 5.74) is -2.71. The highest BCUT2D eigenvalue weighted by Gasteiger charge is 2.56. The molecule has 7 heteroatoms. The van der Waals surface area contributed by atoms with Gasteiger partial charge in [0.1, 0.15) is 5.76 Å². The average molecular weight is 206 g/mol. The minimum absolute atomic E-state index is 0.551. The van der Waals surface area contributed by atoms with Crippen LogP contribution in [-0.2, 0) is 9.59 Å². The summed E-state index contributed by atoms with van der Waals surface area (Å²) in [7, 11) is 0. The molecular formula is C6H6O6S. The van der Waals surface area contributed by atoms with Crippen molar-refractivity contribution in [2.45, 2.75) is 10.9 Å². The molecule has 1 aliphatic heterocycles. The summed E-state index contributed by atoms with van der Waals surface area (Å²) in [4.78, 5) is 21.0. The van der Waals surface area contributed by atoms with Gasteiger partial charge in [0.15, 0.2) is 5.25 Å². The van der Waals surface area contributed by atoms with Gasteiger partial charge in [-0.3, -0.25) is 4.79 Å². The zero-order valence-electron chi connectivity index (χ0n) is 6.17. The summed E-state index contributed by atoms with van der Waals surface area (Å²) in [5.74, 6) is -4.12. The van der Waals surface area contributed by atoms with Crippen LogP contribution in [0.15, 0.2) is 11.2 Å². The van der Waals surface area contributed by atoms with Gasteiger partial charge in [-0.15, -0.1) is 11.8 Å². The van der Waals surface area contributed by atoms with Crippen LogP contribution < -0.4 is 0 Å². The second-order valence-corrected chi connectivity index (χ2v) is 3.41. The van der Waals surface area contributed by atoms with E-state index in [0.717, 1.165) is 5.41 Å². The van der Waals surface area contributed by atoms with Crippen LogP contribution in [0.5, 0.6) is 0 Å². The van der Waals surface area contributed by atoms with Gasteiger partial charge in [-0.1, -0.05) is 0 Å². The summed E-state index contributed by atoms with van der Waals surface area (Å²) < 4.78 is 0. The quantitative estimate of drug-likeness (QED) is 0.477. The number of hydrogen-bond donors (Lipinski definition) is 4. The lowest BCUT2D eigenvalue weighted by atomic mass is 9.98. The molecule has 0 aromatic heterocycles. The van der Waals surface area contributed by atoms with E-state index in [0.29, 0.717) is 11.8 Å². The number of carboxylic acid groups (broad SMARTS) is 2. The first-order chi connectivity index (χ1) is 5.90. The molecule has 0 aromatic carbocycles. The molecule has 0 amide bonds.